The third-order valence-corrected chi connectivity index (χ3v) is 8.89. The van der Waals surface area contributed by atoms with Crippen LogP contribution in [0.1, 0.15) is 63.4 Å². The Morgan fingerprint density at radius 1 is 0.969 bits per heavy atom. The van der Waals surface area contributed by atoms with Gasteiger partial charge in [0.15, 0.2) is 5.78 Å². The van der Waals surface area contributed by atoms with Crippen molar-refractivity contribution in [3.63, 3.8) is 0 Å². The maximum atomic E-state index is 12.1. The molecule has 0 saturated heterocycles. The molecule has 1 heterocycles. The fraction of sp³-hybridized carbons (Fsp3) is 0.464. The van der Waals surface area contributed by atoms with Crippen LogP contribution in [0.2, 0.25) is 0 Å². The zero-order valence-electron chi connectivity index (χ0n) is 18.6. The van der Waals surface area contributed by atoms with Gasteiger partial charge in [0.05, 0.1) is 6.10 Å². The van der Waals surface area contributed by atoms with Crippen LogP contribution in [-0.2, 0) is 4.79 Å². The van der Waals surface area contributed by atoms with Gasteiger partial charge in [-0.2, -0.15) is 0 Å². The molecule has 4 aliphatic carbocycles. The number of ketones is 1. The zero-order valence-corrected chi connectivity index (χ0v) is 18.6. The first kappa shape index (κ1) is 20.0. The molecule has 0 bridgehead atoms. The molecule has 1 aromatic carbocycles. The molecular weight excluding hydrogens is 396 g/mol. The highest BCUT2D eigenvalue weighted by atomic mass is 16.3. The number of carbonyl (C=O) groups excluding carboxylic acids is 1. The minimum Gasteiger partial charge on any atom is -0.393 e. The van der Waals surface area contributed by atoms with Crippen molar-refractivity contribution in [2.45, 2.75) is 63.9 Å². The Kier molecular flexibility index (Phi) is 4.69. The van der Waals surface area contributed by atoms with E-state index >= 15 is 0 Å². The van der Waals surface area contributed by atoms with Crippen LogP contribution < -0.4 is 0 Å². The highest BCUT2D eigenvalue weighted by Crippen LogP contribution is 2.63. The van der Waals surface area contributed by atoms with E-state index in [2.05, 4.69) is 41.2 Å². The predicted molar refractivity (Wildman–Crippen MR) is 124 cm³/mol. The van der Waals surface area contributed by atoms with E-state index in [4.69, 9.17) is 0 Å². The molecule has 4 nitrogen and oxygen atoms in total. The van der Waals surface area contributed by atoms with E-state index in [1.807, 2.05) is 18.5 Å². The summed E-state index contributed by atoms with van der Waals surface area (Å²) in [7, 11) is 0. The lowest BCUT2D eigenvalue weighted by atomic mass is 9.53. The lowest BCUT2D eigenvalue weighted by molar-refractivity contribution is -0.114. The number of fused-ring (bicyclic) bond motifs is 4. The second kappa shape index (κ2) is 7.48. The van der Waals surface area contributed by atoms with Gasteiger partial charge < -0.3 is 5.11 Å². The van der Waals surface area contributed by atoms with Crippen LogP contribution in [-0.4, -0.2) is 27.0 Å². The summed E-state index contributed by atoms with van der Waals surface area (Å²) in [4.78, 5) is 20.4. The third kappa shape index (κ3) is 3.03. The Balaban J connectivity index is 1.46. The molecule has 0 radical (unpaired) electrons. The molecule has 4 heteroatoms. The molecule has 6 rings (SSSR count). The van der Waals surface area contributed by atoms with Gasteiger partial charge in [0.25, 0.3) is 0 Å². The fourth-order valence-corrected chi connectivity index (χ4v) is 7.29. The summed E-state index contributed by atoms with van der Waals surface area (Å²) < 4.78 is 0. The van der Waals surface area contributed by atoms with Crippen molar-refractivity contribution in [1.29, 1.82) is 0 Å². The second-order valence-corrected chi connectivity index (χ2v) is 10.4. The third-order valence-electron chi connectivity index (χ3n) is 8.89. The molecule has 4 aliphatic rings. The van der Waals surface area contributed by atoms with Crippen molar-refractivity contribution in [2.75, 3.05) is 0 Å². The Hall–Kier alpha value is -2.59. The number of carbonyl (C=O) groups is 1. The smallest absolute Gasteiger partial charge is 0.156 e. The lowest BCUT2D eigenvalue weighted by Crippen LogP contribution is -2.45. The summed E-state index contributed by atoms with van der Waals surface area (Å²) in [5, 5.41) is 11.0. The molecule has 0 amide bonds. The summed E-state index contributed by atoms with van der Waals surface area (Å²) in [6, 6.07) is 8.87. The van der Waals surface area contributed by atoms with Gasteiger partial charge in [-0.3, -0.25) is 4.79 Å². The normalized spacial score (nSPS) is 33.9. The number of aliphatic hydroxyl groups excluding tert-OH is 1. The molecular formula is C28H30N2O2. The molecule has 0 aliphatic heterocycles. The number of hydrogen-bond donors (Lipinski definition) is 1. The van der Waals surface area contributed by atoms with Crippen molar-refractivity contribution in [3.05, 3.63) is 71.3 Å². The first-order valence-corrected chi connectivity index (χ1v) is 12.0. The molecule has 2 aromatic rings. The molecule has 2 saturated carbocycles. The summed E-state index contributed by atoms with van der Waals surface area (Å²) >= 11 is 0. The van der Waals surface area contributed by atoms with Gasteiger partial charge in [-0.15, -0.1) is 0 Å². The van der Waals surface area contributed by atoms with Crippen molar-refractivity contribution < 1.29 is 9.90 Å². The van der Waals surface area contributed by atoms with Crippen LogP contribution >= 0.6 is 0 Å². The first-order chi connectivity index (χ1) is 15.5. The van der Waals surface area contributed by atoms with Crippen LogP contribution in [0, 0.1) is 17.3 Å². The van der Waals surface area contributed by atoms with E-state index in [9.17, 15) is 9.90 Å². The zero-order chi connectivity index (χ0) is 21.9. The number of aliphatic hydroxyl groups is 1. The molecule has 1 N–H and O–H groups in total. The van der Waals surface area contributed by atoms with E-state index < -0.39 is 0 Å². The first-order valence-electron chi connectivity index (χ1n) is 12.0. The van der Waals surface area contributed by atoms with E-state index in [-0.39, 0.29) is 17.3 Å². The quantitative estimate of drug-likeness (QED) is 0.698. The van der Waals surface area contributed by atoms with Crippen LogP contribution in [0.15, 0.2) is 65.8 Å². The van der Waals surface area contributed by atoms with E-state index in [1.54, 1.807) is 11.9 Å². The summed E-state index contributed by atoms with van der Waals surface area (Å²) in [6.45, 7) is 2.33. The van der Waals surface area contributed by atoms with Crippen molar-refractivity contribution in [2.24, 2.45) is 17.3 Å². The Bertz CT molecular complexity index is 1120. The standard InChI is InChI=1S/C28H30N2O2/c1-28-13-24(18-4-2-17(3-5-18)20-14-29-16-30-15-20)27-22-9-7-21(31)12-19(22)6-8-23(27)25(28)10-11-26(28)32/h2-5,12,14-16,23-26,32H,6-11,13H2,1H3. The predicted octanol–water partition coefficient (Wildman–Crippen LogP) is 5.40. The van der Waals surface area contributed by atoms with Gasteiger partial charge in [-0.1, -0.05) is 36.8 Å². The number of aromatic nitrogens is 2. The van der Waals surface area contributed by atoms with Crippen molar-refractivity contribution in [3.8, 4) is 11.1 Å². The van der Waals surface area contributed by atoms with Gasteiger partial charge >= 0.3 is 0 Å². The summed E-state index contributed by atoms with van der Waals surface area (Å²) in [5.74, 6) is 1.67. The maximum absolute atomic E-state index is 12.1. The summed E-state index contributed by atoms with van der Waals surface area (Å²) in [6.07, 6.45) is 13.6. The number of rotatable bonds is 2. The molecule has 1 aromatic heterocycles. The monoisotopic (exact) mass is 426 g/mol. The van der Waals surface area contributed by atoms with E-state index in [0.29, 0.717) is 24.2 Å². The van der Waals surface area contributed by atoms with Crippen LogP contribution in [0.4, 0.5) is 0 Å². The van der Waals surface area contributed by atoms with Crippen molar-refractivity contribution >= 4 is 5.78 Å². The Morgan fingerprint density at radius 2 is 1.75 bits per heavy atom. The van der Waals surface area contributed by atoms with Gasteiger partial charge in [0.1, 0.15) is 6.33 Å². The maximum Gasteiger partial charge on any atom is 0.156 e. The number of nitrogens with zero attached hydrogens (tertiary/aromatic N) is 2. The van der Waals surface area contributed by atoms with Gasteiger partial charge in [-0.05, 0) is 84.1 Å². The molecule has 0 spiro atoms. The SMILES string of the molecule is CC12CC(c3ccc(-c4cncnc4)cc3)C3=C4CCC(=O)C=C4CCC3C1CCC2O. The lowest BCUT2D eigenvalue weighted by Gasteiger charge is -2.52. The number of benzene rings is 1. The Morgan fingerprint density at radius 3 is 2.53 bits per heavy atom. The molecule has 164 valence electrons. The van der Waals surface area contributed by atoms with Gasteiger partial charge in [0, 0.05) is 30.3 Å². The molecule has 5 unspecified atom stereocenters. The van der Waals surface area contributed by atoms with Crippen molar-refractivity contribution in [1.82, 2.24) is 9.97 Å². The van der Waals surface area contributed by atoms with Gasteiger partial charge in [0.2, 0.25) is 0 Å². The summed E-state index contributed by atoms with van der Waals surface area (Å²) in [5.41, 5.74) is 7.79. The van der Waals surface area contributed by atoms with E-state index in [1.165, 1.54) is 16.7 Å². The topological polar surface area (TPSA) is 63.1 Å². The van der Waals surface area contributed by atoms with Crippen LogP contribution in [0.3, 0.4) is 0 Å². The number of allylic oxidation sites excluding steroid dienone is 4. The Labute approximate surface area is 189 Å². The highest BCUT2D eigenvalue weighted by molar-refractivity contribution is 5.93. The van der Waals surface area contributed by atoms with Crippen LogP contribution in [0.25, 0.3) is 11.1 Å². The van der Waals surface area contributed by atoms with Gasteiger partial charge in [-0.25, -0.2) is 9.97 Å². The largest absolute Gasteiger partial charge is 0.393 e. The fourth-order valence-electron chi connectivity index (χ4n) is 7.29. The minimum absolute atomic E-state index is 0.0307. The number of hydrogen-bond acceptors (Lipinski definition) is 4. The highest BCUT2D eigenvalue weighted by Gasteiger charge is 2.56. The molecule has 5 atom stereocenters. The average Bonchev–Trinajstić information content (AvgIpc) is 3.13. The molecule has 2 fully saturated rings. The second-order valence-electron chi connectivity index (χ2n) is 10.4. The van der Waals surface area contributed by atoms with E-state index in [0.717, 1.165) is 49.7 Å². The minimum atomic E-state index is -0.216. The molecule has 32 heavy (non-hydrogen) atoms. The average molecular weight is 427 g/mol. The van der Waals surface area contributed by atoms with Crippen LogP contribution in [0.5, 0.6) is 0 Å².